The Hall–Kier alpha value is 0.0969. The molecule has 0 aromatic carbocycles. The summed E-state index contributed by atoms with van der Waals surface area (Å²) in [6.45, 7) is 0.742. The normalized spacial score (nSPS) is 23.2. The Labute approximate surface area is 127 Å². The van der Waals surface area contributed by atoms with Gasteiger partial charge in [0.2, 0.25) is 0 Å². The molecule has 0 spiro atoms. The molecule has 118 valence electrons. The van der Waals surface area contributed by atoms with Crippen molar-refractivity contribution in [1.29, 1.82) is 0 Å². The van der Waals surface area contributed by atoms with Crippen molar-refractivity contribution in [2.24, 2.45) is 5.73 Å². The number of ether oxygens (including phenoxy) is 2. The molecule has 0 atom stereocenters. The van der Waals surface area contributed by atoms with Crippen LogP contribution in [0.1, 0.15) is 77.0 Å². The molecule has 2 saturated carbocycles. The summed E-state index contributed by atoms with van der Waals surface area (Å²) < 4.78 is 12.9. The maximum absolute atomic E-state index is 6.47. The third-order valence-electron chi connectivity index (χ3n) is 4.77. The van der Waals surface area contributed by atoms with Gasteiger partial charge in [0.25, 0.3) is 0 Å². The first-order valence-electron chi connectivity index (χ1n) is 8.77. The largest absolute Gasteiger partial charge is 0.352 e. The van der Waals surface area contributed by atoms with E-state index in [1.54, 1.807) is 0 Å². The van der Waals surface area contributed by atoms with Crippen molar-refractivity contribution in [3.8, 4) is 0 Å². The van der Waals surface area contributed by atoms with Gasteiger partial charge in [-0.25, -0.2) is 0 Å². The Morgan fingerprint density at radius 3 is 1.70 bits per heavy atom. The molecular formula is C16H33NO2Si. The van der Waals surface area contributed by atoms with Gasteiger partial charge in [-0.2, -0.15) is 0 Å². The van der Waals surface area contributed by atoms with Crippen LogP contribution in [0.5, 0.6) is 0 Å². The van der Waals surface area contributed by atoms with Crippen LogP contribution < -0.4 is 5.73 Å². The summed E-state index contributed by atoms with van der Waals surface area (Å²) in [5.41, 5.74) is 5.43. The first kappa shape index (κ1) is 16.5. The molecule has 0 aromatic heterocycles. The molecular weight excluding hydrogens is 266 g/mol. The van der Waals surface area contributed by atoms with Crippen molar-refractivity contribution in [2.75, 3.05) is 6.54 Å². The standard InChI is InChI=1S/C16H33NO2Si/c17-13-7-12-16(20,18-14-8-3-1-4-9-14)19-15-10-5-2-6-11-15/h14-15H,1-13,17H2,20H3. The van der Waals surface area contributed by atoms with E-state index in [1.807, 2.05) is 0 Å². The Bertz CT molecular complexity index is 243. The molecule has 0 saturated heterocycles. The number of nitrogens with two attached hydrogens (primary N) is 1. The van der Waals surface area contributed by atoms with Crippen LogP contribution in [0.15, 0.2) is 0 Å². The monoisotopic (exact) mass is 299 g/mol. The van der Waals surface area contributed by atoms with Crippen LogP contribution in [0.4, 0.5) is 0 Å². The maximum atomic E-state index is 6.47. The van der Waals surface area contributed by atoms with Gasteiger partial charge in [0.1, 0.15) is 5.41 Å². The lowest BCUT2D eigenvalue weighted by atomic mass is 9.97. The van der Waals surface area contributed by atoms with Crippen LogP contribution in [-0.2, 0) is 9.47 Å². The van der Waals surface area contributed by atoms with E-state index >= 15 is 0 Å². The molecule has 2 N–H and O–H groups in total. The van der Waals surface area contributed by atoms with Crippen molar-refractivity contribution in [1.82, 2.24) is 0 Å². The van der Waals surface area contributed by atoms with Gasteiger partial charge in [0.15, 0.2) is 0 Å². The third kappa shape index (κ3) is 5.47. The van der Waals surface area contributed by atoms with E-state index in [9.17, 15) is 0 Å². The van der Waals surface area contributed by atoms with E-state index in [0.29, 0.717) is 12.2 Å². The zero-order valence-electron chi connectivity index (χ0n) is 13.2. The molecule has 0 radical (unpaired) electrons. The minimum Gasteiger partial charge on any atom is -0.352 e. The minimum atomic E-state index is -0.274. The van der Waals surface area contributed by atoms with Gasteiger partial charge in [0, 0.05) is 0 Å². The average molecular weight is 300 g/mol. The number of hydrogen-bond acceptors (Lipinski definition) is 3. The van der Waals surface area contributed by atoms with E-state index in [2.05, 4.69) is 0 Å². The van der Waals surface area contributed by atoms with Crippen LogP contribution in [0.3, 0.4) is 0 Å². The SMILES string of the molecule is NCCCC([SiH3])(OC1CCCCC1)OC1CCCCC1. The summed E-state index contributed by atoms with van der Waals surface area (Å²) in [5, 5.41) is 0. The molecule has 2 fully saturated rings. The Morgan fingerprint density at radius 1 is 0.850 bits per heavy atom. The topological polar surface area (TPSA) is 44.5 Å². The lowest BCUT2D eigenvalue weighted by molar-refractivity contribution is -0.238. The molecule has 0 aromatic rings. The van der Waals surface area contributed by atoms with E-state index in [0.717, 1.165) is 29.6 Å². The minimum absolute atomic E-state index is 0.274. The summed E-state index contributed by atoms with van der Waals surface area (Å²) in [7, 11) is 0.950. The average Bonchev–Trinajstić information content (AvgIpc) is 2.47. The van der Waals surface area contributed by atoms with E-state index in [1.165, 1.54) is 64.2 Å². The zero-order valence-corrected chi connectivity index (χ0v) is 15.2. The second-order valence-corrected chi connectivity index (χ2v) is 8.31. The van der Waals surface area contributed by atoms with Gasteiger partial charge in [-0.15, -0.1) is 0 Å². The van der Waals surface area contributed by atoms with Crippen molar-refractivity contribution < 1.29 is 9.47 Å². The summed E-state index contributed by atoms with van der Waals surface area (Å²) in [6.07, 6.45) is 15.8. The summed E-state index contributed by atoms with van der Waals surface area (Å²) in [4.78, 5) is 0. The molecule has 2 rings (SSSR count). The fourth-order valence-electron chi connectivity index (χ4n) is 3.64. The molecule has 0 unspecified atom stereocenters. The van der Waals surface area contributed by atoms with Gasteiger partial charge >= 0.3 is 0 Å². The van der Waals surface area contributed by atoms with Gasteiger partial charge in [0.05, 0.1) is 22.5 Å². The highest BCUT2D eigenvalue weighted by atomic mass is 28.1. The van der Waals surface area contributed by atoms with Crippen LogP contribution in [-0.4, -0.2) is 34.4 Å². The van der Waals surface area contributed by atoms with Gasteiger partial charge in [-0.3, -0.25) is 0 Å². The van der Waals surface area contributed by atoms with Crippen molar-refractivity contribution in [2.45, 2.75) is 94.7 Å². The Morgan fingerprint density at radius 2 is 1.30 bits per heavy atom. The molecule has 3 nitrogen and oxygen atoms in total. The van der Waals surface area contributed by atoms with Crippen molar-refractivity contribution in [3.63, 3.8) is 0 Å². The lowest BCUT2D eigenvalue weighted by Gasteiger charge is -2.39. The molecule has 20 heavy (non-hydrogen) atoms. The molecule has 0 heterocycles. The third-order valence-corrected chi connectivity index (χ3v) is 5.74. The molecule has 0 aliphatic heterocycles. The van der Waals surface area contributed by atoms with Gasteiger partial charge in [-0.1, -0.05) is 38.5 Å². The van der Waals surface area contributed by atoms with E-state index < -0.39 is 0 Å². The lowest BCUT2D eigenvalue weighted by Crippen LogP contribution is -2.44. The highest BCUT2D eigenvalue weighted by molar-refractivity contribution is 6.13. The summed E-state index contributed by atoms with van der Waals surface area (Å²) in [6, 6.07) is 0. The predicted molar refractivity (Wildman–Crippen MR) is 86.9 cm³/mol. The maximum Gasteiger partial charge on any atom is 0.142 e. The Kier molecular flexibility index (Phi) is 7.01. The van der Waals surface area contributed by atoms with Gasteiger partial charge in [-0.05, 0) is 45.1 Å². The quantitative estimate of drug-likeness (QED) is 0.580. The highest BCUT2D eigenvalue weighted by Crippen LogP contribution is 2.31. The summed E-state index contributed by atoms with van der Waals surface area (Å²) in [5.74, 6) is 0. The summed E-state index contributed by atoms with van der Waals surface area (Å²) >= 11 is 0. The van der Waals surface area contributed by atoms with Gasteiger partial charge < -0.3 is 15.2 Å². The molecule has 0 bridgehead atoms. The predicted octanol–water partition coefficient (Wildman–Crippen LogP) is 2.44. The van der Waals surface area contributed by atoms with E-state index in [-0.39, 0.29) is 5.41 Å². The van der Waals surface area contributed by atoms with E-state index in [4.69, 9.17) is 15.2 Å². The van der Waals surface area contributed by atoms with Crippen LogP contribution in [0.25, 0.3) is 0 Å². The van der Waals surface area contributed by atoms with Crippen molar-refractivity contribution in [3.05, 3.63) is 0 Å². The second kappa shape index (κ2) is 8.52. The number of rotatable bonds is 7. The molecule has 0 amide bonds. The molecule has 4 heteroatoms. The second-order valence-electron chi connectivity index (χ2n) is 6.78. The molecule has 2 aliphatic rings. The first-order chi connectivity index (χ1) is 9.72. The fraction of sp³-hybridized carbons (Fsp3) is 1.00. The Balaban J connectivity index is 1.88. The van der Waals surface area contributed by atoms with Crippen LogP contribution in [0, 0.1) is 0 Å². The first-order valence-corrected chi connectivity index (χ1v) is 9.77. The van der Waals surface area contributed by atoms with Crippen LogP contribution >= 0.6 is 0 Å². The fourth-order valence-corrected chi connectivity index (χ4v) is 4.66. The highest BCUT2D eigenvalue weighted by Gasteiger charge is 2.33. The smallest absolute Gasteiger partial charge is 0.142 e. The molecule has 2 aliphatic carbocycles. The van der Waals surface area contributed by atoms with Crippen molar-refractivity contribution >= 4 is 10.2 Å². The van der Waals surface area contributed by atoms with Crippen LogP contribution in [0.2, 0.25) is 0 Å². The number of hydrogen-bond donors (Lipinski definition) is 1. The zero-order chi connectivity index (χ0) is 14.3.